The van der Waals surface area contributed by atoms with Gasteiger partial charge in [-0.05, 0) is 49.4 Å². The lowest BCUT2D eigenvalue weighted by Crippen LogP contribution is -2.49. The van der Waals surface area contributed by atoms with Crippen LogP contribution < -0.4 is 10.0 Å². The van der Waals surface area contributed by atoms with Crippen LogP contribution in [0.5, 0.6) is 0 Å². The first-order valence-electron chi connectivity index (χ1n) is 12.2. The van der Waals surface area contributed by atoms with Gasteiger partial charge in [-0.15, -0.1) is 11.8 Å². The van der Waals surface area contributed by atoms with Gasteiger partial charge in [-0.1, -0.05) is 37.8 Å². The molecule has 12 heteroatoms. The van der Waals surface area contributed by atoms with Gasteiger partial charge >= 0.3 is 6.18 Å². The second-order valence-corrected chi connectivity index (χ2v) is 12.8. The number of amides is 1. The van der Waals surface area contributed by atoms with Crippen LogP contribution in [0.25, 0.3) is 0 Å². The lowest BCUT2D eigenvalue weighted by atomic mass is 9.63. The first kappa shape index (κ1) is 27.7. The van der Waals surface area contributed by atoms with Crippen molar-refractivity contribution >= 4 is 33.4 Å². The molecule has 0 saturated heterocycles. The highest BCUT2D eigenvalue weighted by Gasteiger charge is 2.46. The molecule has 0 radical (unpaired) electrons. The Hall–Kier alpha value is -2.34. The van der Waals surface area contributed by atoms with E-state index in [-0.39, 0.29) is 28.4 Å². The Morgan fingerprint density at radius 2 is 1.81 bits per heavy atom. The van der Waals surface area contributed by atoms with Crippen molar-refractivity contribution in [3.05, 3.63) is 53.0 Å². The molecule has 0 atom stereocenters. The van der Waals surface area contributed by atoms with E-state index in [9.17, 15) is 30.8 Å². The van der Waals surface area contributed by atoms with Gasteiger partial charge in [0.2, 0.25) is 15.9 Å². The van der Waals surface area contributed by atoms with Crippen LogP contribution in [0.2, 0.25) is 0 Å². The highest BCUT2D eigenvalue weighted by Crippen LogP contribution is 2.45. The van der Waals surface area contributed by atoms with Crippen molar-refractivity contribution < 1.29 is 30.8 Å². The number of benzene rings is 1. The SMILES string of the molecule is CS(=O)(=O)Nc1ccc(C2(C(=O)NCc3ccc(C(F)(F)F)nc3SC3CCCCC3)CCC2)cc1F. The zero-order chi connectivity index (χ0) is 26.8. The maximum Gasteiger partial charge on any atom is 0.433 e. The summed E-state index contributed by atoms with van der Waals surface area (Å²) in [5.74, 6) is -1.14. The van der Waals surface area contributed by atoms with Crippen molar-refractivity contribution in [1.29, 1.82) is 0 Å². The van der Waals surface area contributed by atoms with E-state index < -0.39 is 33.1 Å². The van der Waals surface area contributed by atoms with Gasteiger partial charge in [0.1, 0.15) is 16.5 Å². The van der Waals surface area contributed by atoms with Gasteiger partial charge in [0, 0.05) is 17.4 Å². The Kier molecular flexibility index (Phi) is 8.08. The molecule has 1 aromatic heterocycles. The van der Waals surface area contributed by atoms with Crippen LogP contribution in [-0.2, 0) is 33.0 Å². The van der Waals surface area contributed by atoms with Crippen molar-refractivity contribution in [1.82, 2.24) is 10.3 Å². The van der Waals surface area contributed by atoms with Crippen molar-refractivity contribution in [2.24, 2.45) is 0 Å². The van der Waals surface area contributed by atoms with Crippen molar-refractivity contribution in [3.8, 4) is 0 Å². The summed E-state index contributed by atoms with van der Waals surface area (Å²) in [4.78, 5) is 17.2. The number of sulfonamides is 1. The topological polar surface area (TPSA) is 88.2 Å². The van der Waals surface area contributed by atoms with E-state index in [2.05, 4.69) is 15.0 Å². The average molecular weight is 560 g/mol. The number of nitrogens with zero attached hydrogens (tertiary/aromatic N) is 1. The average Bonchev–Trinajstić information content (AvgIpc) is 2.78. The van der Waals surface area contributed by atoms with E-state index in [4.69, 9.17) is 0 Å². The Morgan fingerprint density at radius 1 is 1.11 bits per heavy atom. The van der Waals surface area contributed by atoms with Crippen LogP contribution in [0, 0.1) is 5.82 Å². The monoisotopic (exact) mass is 559 g/mol. The summed E-state index contributed by atoms with van der Waals surface area (Å²) in [7, 11) is -3.67. The number of anilines is 1. The van der Waals surface area contributed by atoms with Crippen LogP contribution in [-0.4, -0.2) is 30.8 Å². The molecule has 4 rings (SSSR count). The number of thioether (sulfide) groups is 1. The number of halogens is 4. The molecular weight excluding hydrogens is 530 g/mol. The summed E-state index contributed by atoms with van der Waals surface area (Å²) in [6.45, 7) is -0.00300. The standard InChI is InChI=1S/C25H29F4N3O3S2/c1-37(34,35)32-20-10-9-17(14-19(20)26)24(12-5-13-24)23(33)30-15-16-8-11-21(25(27,28)29)31-22(16)36-18-6-3-2-4-7-18/h8-11,14,18,32H,2-7,12-13,15H2,1H3,(H,30,33). The van der Waals surface area contributed by atoms with Gasteiger partial charge in [-0.2, -0.15) is 13.2 Å². The fourth-order valence-corrected chi connectivity index (χ4v) is 6.71. The molecule has 2 aromatic rings. The van der Waals surface area contributed by atoms with Crippen LogP contribution in [0.15, 0.2) is 35.4 Å². The third-order valence-corrected chi connectivity index (χ3v) is 8.93. The first-order valence-corrected chi connectivity index (χ1v) is 14.9. The van der Waals surface area contributed by atoms with Crippen LogP contribution >= 0.6 is 11.8 Å². The molecule has 2 saturated carbocycles. The van der Waals surface area contributed by atoms with E-state index in [1.165, 1.54) is 30.0 Å². The molecule has 1 aromatic carbocycles. The van der Waals surface area contributed by atoms with Crippen molar-refractivity contribution in [2.75, 3.05) is 11.0 Å². The van der Waals surface area contributed by atoms with Gasteiger partial charge in [-0.3, -0.25) is 9.52 Å². The minimum atomic E-state index is -4.57. The summed E-state index contributed by atoms with van der Waals surface area (Å²) in [5.41, 5.74) is -1.23. The summed E-state index contributed by atoms with van der Waals surface area (Å²) >= 11 is 1.34. The van der Waals surface area contributed by atoms with Crippen LogP contribution in [0.4, 0.5) is 23.2 Å². The third kappa shape index (κ3) is 6.57. The zero-order valence-corrected chi connectivity index (χ0v) is 22.0. The quantitative estimate of drug-likeness (QED) is 0.401. The van der Waals surface area contributed by atoms with E-state index in [0.29, 0.717) is 24.0 Å². The highest BCUT2D eigenvalue weighted by atomic mass is 32.2. The van der Waals surface area contributed by atoms with E-state index in [0.717, 1.165) is 56.9 Å². The summed E-state index contributed by atoms with van der Waals surface area (Å²) in [6.07, 6.45) is 3.05. The number of alkyl halides is 3. The number of carbonyl (C=O) groups is 1. The molecule has 2 aliphatic rings. The fourth-order valence-electron chi connectivity index (χ4n) is 4.82. The normalized spacial score (nSPS) is 18.2. The Balaban J connectivity index is 1.53. The third-order valence-electron chi connectivity index (χ3n) is 6.96. The van der Waals surface area contributed by atoms with E-state index in [1.807, 2.05) is 0 Å². The van der Waals surface area contributed by atoms with Gasteiger partial charge in [-0.25, -0.2) is 17.8 Å². The predicted molar refractivity (Wildman–Crippen MR) is 134 cm³/mol. The van der Waals surface area contributed by atoms with Gasteiger partial charge in [0.05, 0.1) is 17.4 Å². The number of pyridine rings is 1. The lowest BCUT2D eigenvalue weighted by Gasteiger charge is -2.41. The number of hydrogen-bond acceptors (Lipinski definition) is 5. The first-order chi connectivity index (χ1) is 17.4. The minimum absolute atomic E-state index is 0.00300. The molecule has 37 heavy (non-hydrogen) atoms. The summed E-state index contributed by atoms with van der Waals surface area (Å²) in [6, 6.07) is 6.27. The molecule has 202 valence electrons. The maximum absolute atomic E-state index is 14.6. The fraction of sp³-hybridized carbons (Fsp3) is 0.520. The summed E-state index contributed by atoms with van der Waals surface area (Å²) < 4.78 is 79.6. The summed E-state index contributed by atoms with van der Waals surface area (Å²) in [5, 5.41) is 3.29. The van der Waals surface area contributed by atoms with Crippen LogP contribution in [0.3, 0.4) is 0 Å². The smallest absolute Gasteiger partial charge is 0.351 e. The maximum atomic E-state index is 14.6. The second-order valence-electron chi connectivity index (χ2n) is 9.72. The molecule has 0 unspecified atom stereocenters. The molecular formula is C25H29F4N3O3S2. The molecule has 0 spiro atoms. The van der Waals surface area contributed by atoms with Gasteiger partial charge in [0.25, 0.3) is 0 Å². The van der Waals surface area contributed by atoms with E-state index >= 15 is 0 Å². The lowest BCUT2D eigenvalue weighted by molar-refractivity contribution is -0.141. The zero-order valence-electron chi connectivity index (χ0n) is 20.3. The predicted octanol–water partition coefficient (Wildman–Crippen LogP) is 5.77. The highest BCUT2D eigenvalue weighted by molar-refractivity contribution is 7.99. The molecule has 2 fully saturated rings. The van der Waals surface area contributed by atoms with Crippen molar-refractivity contribution in [3.63, 3.8) is 0 Å². The largest absolute Gasteiger partial charge is 0.433 e. The number of carbonyl (C=O) groups excluding carboxylic acids is 1. The molecule has 6 nitrogen and oxygen atoms in total. The molecule has 1 heterocycles. The number of rotatable bonds is 8. The second kappa shape index (κ2) is 10.8. The van der Waals surface area contributed by atoms with Gasteiger partial charge in [0.15, 0.2) is 0 Å². The molecule has 2 aliphatic carbocycles. The van der Waals surface area contributed by atoms with Crippen LogP contribution in [0.1, 0.15) is 68.2 Å². The Labute approximate surface area is 218 Å². The van der Waals surface area contributed by atoms with Crippen molar-refractivity contribution in [2.45, 2.75) is 79.8 Å². The molecule has 1 amide bonds. The molecule has 0 bridgehead atoms. The number of aromatic nitrogens is 1. The van der Waals surface area contributed by atoms with Gasteiger partial charge < -0.3 is 5.32 Å². The van der Waals surface area contributed by atoms with E-state index in [1.54, 1.807) is 0 Å². The number of nitrogens with one attached hydrogen (secondary N) is 2. The molecule has 2 N–H and O–H groups in total. The number of hydrogen-bond donors (Lipinski definition) is 2. The Bertz CT molecular complexity index is 1260. The Morgan fingerprint density at radius 3 is 2.38 bits per heavy atom. The molecule has 0 aliphatic heterocycles. The minimum Gasteiger partial charge on any atom is -0.351 e.